The summed E-state index contributed by atoms with van der Waals surface area (Å²) in [5.74, 6) is 0.304. The molecule has 0 fully saturated rings. The molecule has 0 heterocycles. The smallest absolute Gasteiger partial charge is 0.259 e. The van der Waals surface area contributed by atoms with Gasteiger partial charge in [0.05, 0.1) is 5.56 Å². The molecule has 0 aromatic heterocycles. The van der Waals surface area contributed by atoms with Crippen molar-refractivity contribution in [1.82, 2.24) is 4.90 Å². The van der Waals surface area contributed by atoms with Crippen molar-refractivity contribution in [3.8, 4) is 11.8 Å². The molecule has 15 heavy (non-hydrogen) atoms. The average molecular weight is 204 g/mol. The Labute approximate surface area is 88.7 Å². The van der Waals surface area contributed by atoms with E-state index in [0.717, 1.165) is 0 Å². The van der Waals surface area contributed by atoms with Crippen molar-refractivity contribution in [1.29, 1.82) is 5.26 Å². The quantitative estimate of drug-likeness (QED) is 0.738. The lowest BCUT2D eigenvalue weighted by Crippen LogP contribution is -2.27. The molecule has 4 nitrogen and oxygen atoms in total. The van der Waals surface area contributed by atoms with Gasteiger partial charge in [0.25, 0.3) is 5.91 Å². The van der Waals surface area contributed by atoms with E-state index in [-0.39, 0.29) is 12.5 Å². The third-order valence-electron chi connectivity index (χ3n) is 1.86. The molecule has 0 saturated carbocycles. The Hall–Kier alpha value is -2.02. The summed E-state index contributed by atoms with van der Waals surface area (Å²) in [5.41, 5.74) is 0.434. The predicted molar refractivity (Wildman–Crippen MR) is 55.3 cm³/mol. The normalized spacial score (nSPS) is 9.13. The largest absolute Gasteiger partial charge is 0.482 e. The first kappa shape index (κ1) is 11.1. The lowest BCUT2D eigenvalue weighted by Gasteiger charge is -2.11. The van der Waals surface area contributed by atoms with E-state index in [1.807, 2.05) is 6.07 Å². The second-order valence-corrected chi connectivity index (χ2v) is 3.18. The molecule has 0 bridgehead atoms. The molecule has 0 saturated heterocycles. The maximum Gasteiger partial charge on any atom is 0.259 e. The number of carbonyl (C=O) groups excluding carboxylic acids is 1. The highest BCUT2D eigenvalue weighted by Crippen LogP contribution is 2.16. The number of nitrogens with zero attached hydrogens (tertiary/aromatic N) is 2. The standard InChI is InChI=1S/C11H12N2O2/c1-13(2)11(14)8-15-10-6-4-3-5-9(10)7-12/h3-6H,8H2,1-2H3. The van der Waals surface area contributed by atoms with Gasteiger partial charge >= 0.3 is 0 Å². The third-order valence-corrected chi connectivity index (χ3v) is 1.86. The minimum absolute atomic E-state index is 0.0499. The Bertz CT molecular complexity index is 394. The van der Waals surface area contributed by atoms with Crippen molar-refractivity contribution in [2.45, 2.75) is 0 Å². The van der Waals surface area contributed by atoms with Gasteiger partial charge in [-0.15, -0.1) is 0 Å². The number of amides is 1. The molecule has 0 aliphatic rings. The van der Waals surface area contributed by atoms with Crippen molar-refractivity contribution in [3.63, 3.8) is 0 Å². The summed E-state index contributed by atoms with van der Waals surface area (Å²) >= 11 is 0. The molecule has 0 aliphatic carbocycles. The molecule has 0 spiro atoms. The predicted octanol–water partition coefficient (Wildman–Crippen LogP) is 1.03. The van der Waals surface area contributed by atoms with E-state index in [1.54, 1.807) is 38.4 Å². The lowest BCUT2D eigenvalue weighted by molar-refractivity contribution is -0.130. The zero-order valence-electron chi connectivity index (χ0n) is 8.73. The van der Waals surface area contributed by atoms with Crippen LogP contribution in [0.4, 0.5) is 0 Å². The number of likely N-dealkylation sites (N-methyl/N-ethyl adjacent to an activating group) is 1. The molecule has 0 unspecified atom stereocenters. The Kier molecular flexibility index (Phi) is 3.69. The van der Waals surface area contributed by atoms with Gasteiger partial charge in [-0.25, -0.2) is 0 Å². The molecule has 1 aromatic carbocycles. The topological polar surface area (TPSA) is 53.3 Å². The zero-order chi connectivity index (χ0) is 11.3. The van der Waals surface area contributed by atoms with Crippen LogP contribution in [0.3, 0.4) is 0 Å². The number of carbonyl (C=O) groups is 1. The number of hydrogen-bond acceptors (Lipinski definition) is 3. The number of para-hydroxylation sites is 1. The second-order valence-electron chi connectivity index (χ2n) is 3.18. The molecule has 0 N–H and O–H groups in total. The van der Waals surface area contributed by atoms with Gasteiger partial charge in [0.2, 0.25) is 0 Å². The summed E-state index contributed by atoms with van der Waals surface area (Å²) in [6.45, 7) is -0.0499. The van der Waals surface area contributed by atoms with Crippen molar-refractivity contribution in [3.05, 3.63) is 29.8 Å². The Morgan fingerprint density at radius 1 is 1.47 bits per heavy atom. The number of rotatable bonds is 3. The fourth-order valence-corrected chi connectivity index (χ4v) is 0.953. The minimum atomic E-state index is -0.136. The summed E-state index contributed by atoms with van der Waals surface area (Å²) < 4.78 is 5.24. The summed E-state index contributed by atoms with van der Waals surface area (Å²) in [6, 6.07) is 8.82. The molecular formula is C11H12N2O2. The van der Waals surface area contributed by atoms with E-state index in [0.29, 0.717) is 11.3 Å². The highest BCUT2D eigenvalue weighted by atomic mass is 16.5. The summed E-state index contributed by atoms with van der Waals surface area (Å²) in [4.78, 5) is 12.7. The van der Waals surface area contributed by atoms with E-state index in [2.05, 4.69) is 0 Å². The maximum atomic E-state index is 11.2. The van der Waals surface area contributed by atoms with E-state index in [4.69, 9.17) is 10.00 Å². The van der Waals surface area contributed by atoms with Gasteiger partial charge in [0.15, 0.2) is 6.61 Å². The molecule has 0 radical (unpaired) electrons. The van der Waals surface area contributed by atoms with Crippen LogP contribution in [0.15, 0.2) is 24.3 Å². The van der Waals surface area contributed by atoms with Crippen LogP contribution in [0, 0.1) is 11.3 Å². The van der Waals surface area contributed by atoms with E-state index >= 15 is 0 Å². The molecule has 0 atom stereocenters. The van der Waals surface area contributed by atoms with Gasteiger partial charge in [-0.05, 0) is 12.1 Å². The van der Waals surface area contributed by atoms with Crippen LogP contribution >= 0.6 is 0 Å². The monoisotopic (exact) mass is 204 g/mol. The van der Waals surface area contributed by atoms with E-state index < -0.39 is 0 Å². The summed E-state index contributed by atoms with van der Waals surface area (Å²) in [6.07, 6.45) is 0. The van der Waals surface area contributed by atoms with Crippen molar-refractivity contribution < 1.29 is 9.53 Å². The molecule has 4 heteroatoms. The maximum absolute atomic E-state index is 11.2. The first-order valence-electron chi connectivity index (χ1n) is 4.47. The number of benzene rings is 1. The van der Waals surface area contributed by atoms with Crippen molar-refractivity contribution >= 4 is 5.91 Å². The second kappa shape index (κ2) is 5.01. The minimum Gasteiger partial charge on any atom is -0.482 e. The van der Waals surface area contributed by atoms with Crippen molar-refractivity contribution in [2.24, 2.45) is 0 Å². The summed E-state index contributed by atoms with van der Waals surface area (Å²) in [5, 5.41) is 8.77. The fraction of sp³-hybridized carbons (Fsp3) is 0.273. The van der Waals surface area contributed by atoms with Crippen LogP contribution < -0.4 is 4.74 Å². The highest BCUT2D eigenvalue weighted by Gasteiger charge is 2.07. The SMILES string of the molecule is CN(C)C(=O)COc1ccccc1C#N. The average Bonchev–Trinajstić information content (AvgIpc) is 2.26. The van der Waals surface area contributed by atoms with Gasteiger partial charge in [-0.1, -0.05) is 12.1 Å². The van der Waals surface area contributed by atoms with Crippen LogP contribution in [0.2, 0.25) is 0 Å². The third kappa shape index (κ3) is 2.99. The number of hydrogen-bond donors (Lipinski definition) is 0. The van der Waals surface area contributed by atoms with Crippen LogP contribution in [0.25, 0.3) is 0 Å². The van der Waals surface area contributed by atoms with Crippen molar-refractivity contribution in [2.75, 3.05) is 20.7 Å². The van der Waals surface area contributed by atoms with Gasteiger partial charge in [-0.2, -0.15) is 5.26 Å². The molecule has 1 aromatic rings. The van der Waals surface area contributed by atoms with E-state index in [1.165, 1.54) is 4.90 Å². The zero-order valence-corrected chi connectivity index (χ0v) is 8.73. The first-order valence-corrected chi connectivity index (χ1v) is 4.47. The molecule has 0 aliphatic heterocycles. The Balaban J connectivity index is 2.66. The Morgan fingerprint density at radius 3 is 2.73 bits per heavy atom. The van der Waals surface area contributed by atoms with Gasteiger partial charge < -0.3 is 9.64 Å². The Morgan fingerprint density at radius 2 is 2.13 bits per heavy atom. The number of nitriles is 1. The lowest BCUT2D eigenvalue weighted by atomic mass is 10.2. The van der Waals surface area contributed by atoms with Gasteiger partial charge in [-0.3, -0.25) is 4.79 Å². The van der Waals surface area contributed by atoms with Crippen LogP contribution in [0.1, 0.15) is 5.56 Å². The van der Waals surface area contributed by atoms with Gasteiger partial charge in [0, 0.05) is 14.1 Å². The van der Waals surface area contributed by atoms with Gasteiger partial charge in [0.1, 0.15) is 11.8 Å². The van der Waals surface area contributed by atoms with Crippen LogP contribution in [-0.2, 0) is 4.79 Å². The first-order chi connectivity index (χ1) is 7.15. The van der Waals surface area contributed by atoms with E-state index in [9.17, 15) is 4.79 Å². The highest BCUT2D eigenvalue weighted by molar-refractivity contribution is 5.77. The molecular weight excluding hydrogens is 192 g/mol. The van der Waals surface area contributed by atoms with Crippen LogP contribution in [0.5, 0.6) is 5.75 Å². The number of ether oxygens (including phenoxy) is 1. The molecule has 1 amide bonds. The van der Waals surface area contributed by atoms with Crippen LogP contribution in [-0.4, -0.2) is 31.5 Å². The molecule has 78 valence electrons. The molecule has 1 rings (SSSR count). The summed E-state index contributed by atoms with van der Waals surface area (Å²) in [7, 11) is 3.31. The fourth-order valence-electron chi connectivity index (χ4n) is 0.953.